The van der Waals surface area contributed by atoms with Crippen molar-refractivity contribution in [3.63, 3.8) is 0 Å². The van der Waals surface area contributed by atoms with E-state index in [9.17, 15) is 13.2 Å². The summed E-state index contributed by atoms with van der Waals surface area (Å²) in [6.45, 7) is 5.27. The van der Waals surface area contributed by atoms with Gasteiger partial charge in [-0.1, -0.05) is 13.8 Å². The molecule has 1 saturated heterocycles. The summed E-state index contributed by atoms with van der Waals surface area (Å²) in [4.78, 5) is 11.7. The second kappa shape index (κ2) is 5.63. The van der Waals surface area contributed by atoms with Gasteiger partial charge in [0.15, 0.2) is 9.84 Å². The third-order valence-electron chi connectivity index (χ3n) is 2.73. The van der Waals surface area contributed by atoms with Crippen LogP contribution < -0.4 is 10.6 Å². The Hall–Kier alpha value is -0.620. The lowest BCUT2D eigenvalue weighted by Crippen LogP contribution is -2.41. The summed E-state index contributed by atoms with van der Waals surface area (Å²) in [6.07, 6.45) is 0.544. The molecule has 1 fully saturated rings. The molecular weight excluding hydrogens is 228 g/mol. The number of sulfone groups is 1. The largest absolute Gasteiger partial charge is 0.352 e. The minimum absolute atomic E-state index is 0.0666. The van der Waals surface area contributed by atoms with Crippen molar-refractivity contribution in [1.82, 2.24) is 10.6 Å². The van der Waals surface area contributed by atoms with Crippen LogP contribution >= 0.6 is 0 Å². The molecule has 1 heterocycles. The maximum Gasteiger partial charge on any atom is 0.224 e. The first-order chi connectivity index (χ1) is 7.44. The molecule has 0 radical (unpaired) electrons. The smallest absolute Gasteiger partial charge is 0.224 e. The molecule has 2 N–H and O–H groups in total. The highest BCUT2D eigenvalue weighted by molar-refractivity contribution is 7.91. The molecule has 1 aliphatic heterocycles. The Balaban J connectivity index is 2.35. The topological polar surface area (TPSA) is 75.3 Å². The van der Waals surface area contributed by atoms with E-state index in [1.165, 1.54) is 0 Å². The van der Waals surface area contributed by atoms with Crippen molar-refractivity contribution in [1.29, 1.82) is 0 Å². The fourth-order valence-corrected chi connectivity index (χ4v) is 3.38. The highest BCUT2D eigenvalue weighted by Crippen LogP contribution is 2.11. The minimum Gasteiger partial charge on any atom is -0.352 e. The standard InChI is InChI=1S/C10H20N2O3S/c1-3-11-6-8(2)10(13)12-9-4-5-16(14,15)7-9/h8-9,11H,3-7H2,1-2H3,(H,12,13). The maximum atomic E-state index is 11.7. The van der Waals surface area contributed by atoms with Gasteiger partial charge in [-0.15, -0.1) is 0 Å². The number of hydrogen-bond donors (Lipinski definition) is 2. The number of rotatable bonds is 5. The Bertz CT molecular complexity index is 340. The molecule has 0 aliphatic carbocycles. The molecule has 94 valence electrons. The van der Waals surface area contributed by atoms with Gasteiger partial charge in [-0.25, -0.2) is 8.42 Å². The van der Waals surface area contributed by atoms with Crippen molar-refractivity contribution in [2.24, 2.45) is 5.92 Å². The monoisotopic (exact) mass is 248 g/mol. The molecule has 0 bridgehead atoms. The van der Waals surface area contributed by atoms with Crippen LogP contribution in [0.1, 0.15) is 20.3 Å². The molecule has 1 aliphatic rings. The van der Waals surface area contributed by atoms with E-state index < -0.39 is 9.84 Å². The molecule has 2 unspecified atom stereocenters. The van der Waals surface area contributed by atoms with E-state index in [1.54, 1.807) is 0 Å². The fraction of sp³-hybridized carbons (Fsp3) is 0.900. The van der Waals surface area contributed by atoms with Gasteiger partial charge in [0.1, 0.15) is 0 Å². The lowest BCUT2D eigenvalue weighted by atomic mass is 10.1. The van der Waals surface area contributed by atoms with Crippen LogP contribution in [-0.2, 0) is 14.6 Å². The van der Waals surface area contributed by atoms with Crippen molar-refractivity contribution in [3.05, 3.63) is 0 Å². The summed E-state index contributed by atoms with van der Waals surface area (Å²) >= 11 is 0. The zero-order valence-corrected chi connectivity index (χ0v) is 10.6. The average Bonchev–Trinajstić information content (AvgIpc) is 2.54. The molecule has 2 atom stereocenters. The molecule has 1 amide bonds. The Morgan fingerprint density at radius 1 is 1.50 bits per heavy atom. The third kappa shape index (κ3) is 4.09. The third-order valence-corrected chi connectivity index (χ3v) is 4.49. The molecule has 0 saturated carbocycles. The molecule has 0 aromatic rings. The van der Waals surface area contributed by atoms with E-state index in [0.29, 0.717) is 13.0 Å². The van der Waals surface area contributed by atoms with Gasteiger partial charge in [-0.3, -0.25) is 4.79 Å². The summed E-state index contributed by atoms with van der Waals surface area (Å²) in [5, 5.41) is 5.88. The van der Waals surface area contributed by atoms with Gasteiger partial charge >= 0.3 is 0 Å². The van der Waals surface area contributed by atoms with Gasteiger partial charge in [-0.2, -0.15) is 0 Å². The lowest BCUT2D eigenvalue weighted by molar-refractivity contribution is -0.124. The van der Waals surface area contributed by atoms with Crippen LogP contribution in [-0.4, -0.2) is 45.0 Å². The van der Waals surface area contributed by atoms with Crippen LogP contribution in [0.2, 0.25) is 0 Å². The van der Waals surface area contributed by atoms with Crippen LogP contribution in [0.15, 0.2) is 0 Å². The number of carbonyl (C=O) groups is 1. The summed E-state index contributed by atoms with van der Waals surface area (Å²) in [7, 11) is -2.91. The highest BCUT2D eigenvalue weighted by Gasteiger charge is 2.29. The van der Waals surface area contributed by atoms with E-state index in [0.717, 1.165) is 6.54 Å². The number of hydrogen-bond acceptors (Lipinski definition) is 4. The predicted molar refractivity (Wildman–Crippen MR) is 62.9 cm³/mol. The first-order valence-corrected chi connectivity index (χ1v) is 7.48. The van der Waals surface area contributed by atoms with Crippen LogP contribution in [0.5, 0.6) is 0 Å². The number of carbonyl (C=O) groups excluding carboxylic acids is 1. The molecule has 16 heavy (non-hydrogen) atoms. The van der Waals surface area contributed by atoms with Crippen molar-refractivity contribution < 1.29 is 13.2 Å². The lowest BCUT2D eigenvalue weighted by Gasteiger charge is -2.15. The fourth-order valence-electron chi connectivity index (χ4n) is 1.71. The van der Waals surface area contributed by atoms with E-state index >= 15 is 0 Å². The highest BCUT2D eigenvalue weighted by atomic mass is 32.2. The number of amides is 1. The SMILES string of the molecule is CCNCC(C)C(=O)NC1CCS(=O)(=O)C1. The Morgan fingerprint density at radius 2 is 2.19 bits per heavy atom. The van der Waals surface area contributed by atoms with Gasteiger partial charge in [0.25, 0.3) is 0 Å². The molecule has 5 nitrogen and oxygen atoms in total. The zero-order chi connectivity index (χ0) is 12.2. The first-order valence-electron chi connectivity index (χ1n) is 5.66. The van der Waals surface area contributed by atoms with E-state index in [1.807, 2.05) is 13.8 Å². The summed E-state index contributed by atoms with van der Waals surface area (Å²) in [5.41, 5.74) is 0. The Labute approximate surface area is 96.9 Å². The van der Waals surface area contributed by atoms with Gasteiger partial charge < -0.3 is 10.6 Å². The van der Waals surface area contributed by atoms with Crippen molar-refractivity contribution in [2.45, 2.75) is 26.3 Å². The first kappa shape index (κ1) is 13.4. The summed E-state index contributed by atoms with van der Waals surface area (Å²) in [5.74, 6) is 0.0953. The van der Waals surface area contributed by atoms with Crippen molar-refractivity contribution >= 4 is 15.7 Å². The second-order valence-electron chi connectivity index (χ2n) is 4.32. The Kier molecular flexibility index (Phi) is 4.73. The van der Waals surface area contributed by atoms with Gasteiger partial charge in [0, 0.05) is 18.5 Å². The minimum atomic E-state index is -2.91. The van der Waals surface area contributed by atoms with Crippen LogP contribution in [0.3, 0.4) is 0 Å². The number of nitrogens with one attached hydrogen (secondary N) is 2. The van der Waals surface area contributed by atoms with Gasteiger partial charge in [0.05, 0.1) is 11.5 Å². The van der Waals surface area contributed by atoms with E-state index in [2.05, 4.69) is 10.6 Å². The van der Waals surface area contributed by atoms with E-state index in [-0.39, 0.29) is 29.4 Å². The quantitative estimate of drug-likeness (QED) is 0.690. The van der Waals surface area contributed by atoms with Crippen LogP contribution in [0, 0.1) is 5.92 Å². The van der Waals surface area contributed by atoms with Crippen molar-refractivity contribution in [2.75, 3.05) is 24.6 Å². The average molecular weight is 248 g/mol. The predicted octanol–water partition coefficient (Wildman–Crippen LogP) is -0.465. The summed E-state index contributed by atoms with van der Waals surface area (Å²) < 4.78 is 22.4. The zero-order valence-electron chi connectivity index (χ0n) is 9.82. The molecular formula is C10H20N2O3S. The molecule has 0 aromatic carbocycles. The van der Waals surface area contributed by atoms with Gasteiger partial charge in [0.2, 0.25) is 5.91 Å². The molecule has 6 heteroatoms. The maximum absolute atomic E-state index is 11.7. The van der Waals surface area contributed by atoms with Gasteiger partial charge in [-0.05, 0) is 13.0 Å². The Morgan fingerprint density at radius 3 is 2.69 bits per heavy atom. The molecule has 0 aromatic heterocycles. The second-order valence-corrected chi connectivity index (χ2v) is 6.55. The molecule has 0 spiro atoms. The molecule has 1 rings (SSSR count). The summed E-state index contributed by atoms with van der Waals surface area (Å²) in [6, 6.07) is -0.193. The van der Waals surface area contributed by atoms with Crippen LogP contribution in [0.4, 0.5) is 0 Å². The van der Waals surface area contributed by atoms with Crippen molar-refractivity contribution in [3.8, 4) is 0 Å². The van der Waals surface area contributed by atoms with E-state index in [4.69, 9.17) is 0 Å². The van der Waals surface area contributed by atoms with Crippen LogP contribution in [0.25, 0.3) is 0 Å². The normalized spacial score (nSPS) is 25.2.